The van der Waals surface area contributed by atoms with Gasteiger partial charge in [-0.15, -0.1) is 0 Å². The second-order valence-corrected chi connectivity index (χ2v) is 4.03. The number of hydrogen-bond donors (Lipinski definition) is 3. The summed E-state index contributed by atoms with van der Waals surface area (Å²) in [5, 5.41) is 13.2. The summed E-state index contributed by atoms with van der Waals surface area (Å²) >= 11 is 0. The molecule has 1 aromatic rings. The molecule has 1 atom stereocenters. The number of aliphatic carboxylic acids is 1. The summed E-state index contributed by atoms with van der Waals surface area (Å²) in [5.74, 6) is -3.23. The highest BCUT2D eigenvalue weighted by Gasteiger charge is 2.18. The molecular formula is C13H15FN2O4. The molecule has 20 heavy (non-hydrogen) atoms. The molecule has 1 aromatic carbocycles. The van der Waals surface area contributed by atoms with Crippen molar-refractivity contribution in [3.05, 3.63) is 35.6 Å². The number of benzene rings is 1. The fourth-order valence-electron chi connectivity index (χ4n) is 1.48. The van der Waals surface area contributed by atoms with Gasteiger partial charge in [0.05, 0.1) is 12.1 Å². The normalized spacial score (nSPS) is 11.5. The molecule has 0 aliphatic rings. The van der Waals surface area contributed by atoms with Crippen LogP contribution in [-0.2, 0) is 9.59 Å². The minimum Gasteiger partial charge on any atom is -0.480 e. The molecule has 0 saturated heterocycles. The van der Waals surface area contributed by atoms with Gasteiger partial charge in [-0.25, -0.2) is 9.18 Å². The van der Waals surface area contributed by atoms with E-state index in [0.717, 1.165) is 6.07 Å². The van der Waals surface area contributed by atoms with Crippen LogP contribution in [0.15, 0.2) is 24.3 Å². The van der Waals surface area contributed by atoms with Crippen molar-refractivity contribution in [2.45, 2.75) is 19.4 Å². The van der Waals surface area contributed by atoms with E-state index in [2.05, 4.69) is 10.6 Å². The Morgan fingerprint density at radius 3 is 2.50 bits per heavy atom. The van der Waals surface area contributed by atoms with Crippen molar-refractivity contribution in [1.82, 2.24) is 10.6 Å². The van der Waals surface area contributed by atoms with Crippen LogP contribution in [0.5, 0.6) is 0 Å². The molecule has 0 aliphatic heterocycles. The zero-order valence-electron chi connectivity index (χ0n) is 10.9. The SMILES string of the molecule is CC[C@H](NC(=O)CNC(=O)c1ccccc1F)C(=O)O. The highest BCUT2D eigenvalue weighted by atomic mass is 19.1. The van der Waals surface area contributed by atoms with Crippen molar-refractivity contribution in [1.29, 1.82) is 0 Å². The van der Waals surface area contributed by atoms with Gasteiger partial charge < -0.3 is 15.7 Å². The van der Waals surface area contributed by atoms with E-state index in [1.54, 1.807) is 6.92 Å². The van der Waals surface area contributed by atoms with Crippen molar-refractivity contribution < 1.29 is 23.9 Å². The number of carbonyl (C=O) groups is 3. The number of amides is 2. The molecule has 0 spiro atoms. The zero-order valence-corrected chi connectivity index (χ0v) is 10.9. The minimum atomic E-state index is -1.15. The minimum absolute atomic E-state index is 0.175. The van der Waals surface area contributed by atoms with E-state index >= 15 is 0 Å². The lowest BCUT2D eigenvalue weighted by Gasteiger charge is -2.12. The van der Waals surface area contributed by atoms with E-state index in [4.69, 9.17) is 5.11 Å². The summed E-state index contributed by atoms with van der Waals surface area (Å²) in [6.07, 6.45) is 0.225. The van der Waals surface area contributed by atoms with Gasteiger partial charge in [-0.05, 0) is 18.6 Å². The van der Waals surface area contributed by atoms with Crippen LogP contribution >= 0.6 is 0 Å². The third-order valence-electron chi connectivity index (χ3n) is 2.57. The summed E-state index contributed by atoms with van der Waals surface area (Å²) in [4.78, 5) is 33.8. The molecule has 6 nitrogen and oxygen atoms in total. The number of carboxylic acids is 1. The van der Waals surface area contributed by atoms with E-state index in [-0.39, 0.29) is 12.0 Å². The second kappa shape index (κ2) is 7.22. The molecule has 0 aliphatic carbocycles. The molecule has 0 unspecified atom stereocenters. The first-order valence-corrected chi connectivity index (χ1v) is 6.00. The maximum absolute atomic E-state index is 13.3. The molecular weight excluding hydrogens is 267 g/mol. The standard InChI is InChI=1S/C13H15FN2O4/c1-2-10(13(19)20)16-11(17)7-15-12(18)8-5-3-4-6-9(8)14/h3-6,10H,2,7H2,1H3,(H,15,18)(H,16,17)(H,19,20)/t10-/m0/s1. The Morgan fingerprint density at radius 2 is 1.95 bits per heavy atom. The predicted molar refractivity (Wildman–Crippen MR) is 68.6 cm³/mol. The molecule has 0 radical (unpaired) electrons. The van der Waals surface area contributed by atoms with Crippen LogP contribution in [0.4, 0.5) is 4.39 Å². The van der Waals surface area contributed by atoms with Gasteiger partial charge in [-0.3, -0.25) is 9.59 Å². The molecule has 0 heterocycles. The van der Waals surface area contributed by atoms with Crippen molar-refractivity contribution >= 4 is 17.8 Å². The topological polar surface area (TPSA) is 95.5 Å². The maximum atomic E-state index is 13.3. The number of carbonyl (C=O) groups excluding carboxylic acids is 2. The monoisotopic (exact) mass is 282 g/mol. The van der Waals surface area contributed by atoms with Crippen LogP contribution in [0, 0.1) is 5.82 Å². The summed E-state index contributed by atoms with van der Waals surface area (Å²) in [7, 11) is 0. The van der Waals surface area contributed by atoms with Gasteiger partial charge in [-0.1, -0.05) is 19.1 Å². The van der Waals surface area contributed by atoms with Gasteiger partial charge in [0.2, 0.25) is 5.91 Å². The summed E-state index contributed by atoms with van der Waals surface area (Å²) in [5.41, 5.74) is -0.175. The first-order chi connectivity index (χ1) is 9.45. The zero-order chi connectivity index (χ0) is 15.1. The molecule has 108 valence electrons. The average Bonchev–Trinajstić information content (AvgIpc) is 2.42. The predicted octanol–water partition coefficient (Wildman–Crippen LogP) is 0.535. The van der Waals surface area contributed by atoms with E-state index in [1.807, 2.05) is 0 Å². The number of hydrogen-bond acceptors (Lipinski definition) is 3. The average molecular weight is 282 g/mol. The molecule has 0 fully saturated rings. The molecule has 3 N–H and O–H groups in total. The van der Waals surface area contributed by atoms with Crippen LogP contribution in [0.25, 0.3) is 0 Å². The Bertz CT molecular complexity index is 519. The van der Waals surface area contributed by atoms with Crippen LogP contribution in [-0.4, -0.2) is 35.5 Å². The van der Waals surface area contributed by atoms with Crippen molar-refractivity contribution in [2.24, 2.45) is 0 Å². The lowest BCUT2D eigenvalue weighted by Crippen LogP contribution is -2.45. The number of carboxylic acid groups (broad SMARTS) is 1. The Hall–Kier alpha value is -2.44. The summed E-state index contributed by atoms with van der Waals surface area (Å²) in [6, 6.07) is 4.35. The molecule has 2 amide bonds. The molecule has 0 saturated carbocycles. The Morgan fingerprint density at radius 1 is 1.30 bits per heavy atom. The number of nitrogens with one attached hydrogen (secondary N) is 2. The Kier molecular flexibility index (Phi) is 5.64. The van der Waals surface area contributed by atoms with Gasteiger partial charge in [0.1, 0.15) is 11.9 Å². The second-order valence-electron chi connectivity index (χ2n) is 4.03. The fourth-order valence-corrected chi connectivity index (χ4v) is 1.48. The van der Waals surface area contributed by atoms with Crippen LogP contribution in [0.3, 0.4) is 0 Å². The maximum Gasteiger partial charge on any atom is 0.326 e. The van der Waals surface area contributed by atoms with Crippen LogP contribution < -0.4 is 10.6 Å². The molecule has 7 heteroatoms. The van der Waals surface area contributed by atoms with Crippen molar-refractivity contribution in [3.63, 3.8) is 0 Å². The lowest BCUT2D eigenvalue weighted by molar-refractivity contribution is -0.141. The first kappa shape index (κ1) is 15.6. The first-order valence-electron chi connectivity index (χ1n) is 6.00. The van der Waals surface area contributed by atoms with Gasteiger partial charge in [0.25, 0.3) is 5.91 Å². The van der Waals surface area contributed by atoms with Crippen LogP contribution in [0.1, 0.15) is 23.7 Å². The van der Waals surface area contributed by atoms with Crippen molar-refractivity contribution in [2.75, 3.05) is 6.54 Å². The van der Waals surface area contributed by atoms with E-state index in [1.165, 1.54) is 18.2 Å². The Labute approximate surface area is 115 Å². The summed E-state index contributed by atoms with van der Waals surface area (Å²) in [6.45, 7) is 1.19. The molecule has 0 aromatic heterocycles. The van der Waals surface area contributed by atoms with Gasteiger partial charge in [0, 0.05) is 0 Å². The lowest BCUT2D eigenvalue weighted by atomic mass is 10.2. The number of halogens is 1. The largest absolute Gasteiger partial charge is 0.480 e. The van der Waals surface area contributed by atoms with Crippen molar-refractivity contribution in [3.8, 4) is 0 Å². The highest BCUT2D eigenvalue weighted by Crippen LogP contribution is 2.05. The van der Waals surface area contributed by atoms with E-state index in [0.29, 0.717) is 0 Å². The third-order valence-corrected chi connectivity index (χ3v) is 2.57. The molecule has 0 bridgehead atoms. The fraction of sp³-hybridized carbons (Fsp3) is 0.308. The number of rotatable bonds is 6. The Balaban J connectivity index is 2.51. The van der Waals surface area contributed by atoms with E-state index < -0.39 is 36.2 Å². The molecule has 1 rings (SSSR count). The third kappa shape index (κ3) is 4.34. The van der Waals surface area contributed by atoms with Gasteiger partial charge >= 0.3 is 5.97 Å². The quantitative estimate of drug-likeness (QED) is 0.709. The summed E-state index contributed by atoms with van der Waals surface area (Å²) < 4.78 is 13.3. The van der Waals surface area contributed by atoms with Crippen LogP contribution in [0.2, 0.25) is 0 Å². The van der Waals surface area contributed by atoms with Gasteiger partial charge in [0.15, 0.2) is 0 Å². The highest BCUT2D eigenvalue weighted by molar-refractivity contribution is 5.97. The smallest absolute Gasteiger partial charge is 0.326 e. The van der Waals surface area contributed by atoms with E-state index in [9.17, 15) is 18.8 Å². The van der Waals surface area contributed by atoms with Gasteiger partial charge in [-0.2, -0.15) is 0 Å².